The molecule has 12 heteroatoms. The van der Waals surface area contributed by atoms with Gasteiger partial charge in [0, 0.05) is 18.3 Å². The van der Waals surface area contributed by atoms with Crippen LogP contribution >= 0.6 is 45.2 Å². The zero-order valence-electron chi connectivity index (χ0n) is 16.1. The molecular weight excluding hydrogens is 656 g/mol. The van der Waals surface area contributed by atoms with Crippen molar-refractivity contribution in [2.75, 3.05) is 11.5 Å². The lowest BCUT2D eigenvalue weighted by atomic mass is 9.88. The van der Waals surface area contributed by atoms with Crippen LogP contribution in [-0.2, 0) is 17.6 Å². The van der Waals surface area contributed by atoms with Gasteiger partial charge in [0.05, 0.1) is 11.4 Å². The quantitative estimate of drug-likeness (QED) is 0.204. The topological polar surface area (TPSA) is 92.5 Å². The van der Waals surface area contributed by atoms with Crippen LogP contribution < -0.4 is 11.5 Å². The number of nitrogens with two attached hydrogens (primary N) is 2. The summed E-state index contributed by atoms with van der Waals surface area (Å²) >= 11 is 3.43. The van der Waals surface area contributed by atoms with E-state index >= 15 is 0 Å². The minimum absolute atomic E-state index is 0.0889. The molecule has 0 aliphatic carbocycles. The van der Waals surface area contributed by atoms with E-state index in [4.69, 9.17) is 11.5 Å². The fourth-order valence-electron chi connectivity index (χ4n) is 2.90. The standard InChI is InChI=1S/C19H18F6I2N2O2/c1-16(30,18(20,21)22)10-4-8(6-12(26)14(10)28)3-9-5-11(15(29)13(27)7-9)17(2,31)19(23,24)25/h4-7,30-31H,3,28-29H2,1-2H3. The fraction of sp³-hybridized carbons (Fsp3) is 0.368. The molecule has 0 radical (unpaired) electrons. The molecule has 0 aromatic heterocycles. The summed E-state index contributed by atoms with van der Waals surface area (Å²) in [6.07, 6.45) is -10.1. The van der Waals surface area contributed by atoms with Crippen molar-refractivity contribution in [3.8, 4) is 0 Å². The van der Waals surface area contributed by atoms with Gasteiger partial charge in [0.1, 0.15) is 0 Å². The van der Waals surface area contributed by atoms with E-state index in [1.807, 2.05) is 0 Å². The maximum absolute atomic E-state index is 13.3. The van der Waals surface area contributed by atoms with Crippen molar-refractivity contribution in [2.45, 2.75) is 43.8 Å². The molecule has 172 valence electrons. The second kappa shape index (κ2) is 8.41. The van der Waals surface area contributed by atoms with Gasteiger partial charge in [0.2, 0.25) is 0 Å². The third-order valence-electron chi connectivity index (χ3n) is 4.94. The zero-order valence-corrected chi connectivity index (χ0v) is 20.4. The molecule has 0 fully saturated rings. The molecule has 0 heterocycles. The molecule has 2 atom stereocenters. The summed E-state index contributed by atoms with van der Waals surface area (Å²) < 4.78 is 80.4. The molecule has 6 N–H and O–H groups in total. The lowest BCUT2D eigenvalue weighted by molar-refractivity contribution is -0.258. The Labute approximate surface area is 201 Å². The Bertz CT molecular complexity index is 925. The first-order valence-corrected chi connectivity index (χ1v) is 10.7. The molecule has 2 aromatic carbocycles. The minimum Gasteiger partial charge on any atom is -0.398 e. The molecule has 2 aromatic rings. The van der Waals surface area contributed by atoms with Crippen molar-refractivity contribution >= 4 is 56.6 Å². The first-order valence-electron chi connectivity index (χ1n) is 8.55. The zero-order chi connectivity index (χ0) is 24.2. The number of alkyl halides is 6. The van der Waals surface area contributed by atoms with E-state index in [2.05, 4.69) is 0 Å². The number of hydrogen-bond acceptors (Lipinski definition) is 4. The molecule has 0 aliphatic heterocycles. The summed E-state index contributed by atoms with van der Waals surface area (Å²) in [6.45, 7) is 1.15. The predicted molar refractivity (Wildman–Crippen MR) is 121 cm³/mol. The van der Waals surface area contributed by atoms with E-state index in [0.29, 0.717) is 13.8 Å². The van der Waals surface area contributed by atoms with Gasteiger partial charge < -0.3 is 21.7 Å². The highest BCUT2D eigenvalue weighted by Gasteiger charge is 2.53. The number of benzene rings is 2. The maximum Gasteiger partial charge on any atom is 0.421 e. The van der Waals surface area contributed by atoms with Crippen molar-refractivity contribution < 1.29 is 36.6 Å². The molecule has 0 bridgehead atoms. The molecule has 0 aliphatic rings. The molecule has 0 saturated carbocycles. The second-order valence-electron chi connectivity index (χ2n) is 7.39. The van der Waals surface area contributed by atoms with Gasteiger partial charge in [0.15, 0.2) is 11.2 Å². The van der Waals surface area contributed by atoms with Crippen LogP contribution in [0.5, 0.6) is 0 Å². The van der Waals surface area contributed by atoms with Crippen molar-refractivity contribution in [3.05, 3.63) is 53.7 Å². The Morgan fingerprint density at radius 1 is 0.710 bits per heavy atom. The molecule has 2 unspecified atom stereocenters. The van der Waals surface area contributed by atoms with Crippen molar-refractivity contribution in [2.24, 2.45) is 0 Å². The van der Waals surface area contributed by atoms with Gasteiger partial charge in [-0.2, -0.15) is 26.3 Å². The number of rotatable bonds is 4. The molecule has 4 nitrogen and oxygen atoms in total. The van der Waals surface area contributed by atoms with Gasteiger partial charge in [-0.15, -0.1) is 0 Å². The summed E-state index contributed by atoms with van der Waals surface area (Å²) in [5.41, 5.74) is 3.98. The Kier molecular flexibility index (Phi) is 7.12. The summed E-state index contributed by atoms with van der Waals surface area (Å²) in [7, 11) is 0. The van der Waals surface area contributed by atoms with Crippen LogP contribution in [0.1, 0.15) is 36.1 Å². The van der Waals surface area contributed by atoms with Gasteiger partial charge in [0.25, 0.3) is 0 Å². The van der Waals surface area contributed by atoms with Crippen LogP contribution in [0.3, 0.4) is 0 Å². The predicted octanol–water partition coefficient (Wildman–Crippen LogP) is 5.19. The average molecular weight is 674 g/mol. The highest BCUT2D eigenvalue weighted by molar-refractivity contribution is 14.1. The molecular formula is C19H18F6I2N2O2. The van der Waals surface area contributed by atoms with Crippen LogP contribution in [0.15, 0.2) is 24.3 Å². The van der Waals surface area contributed by atoms with Crippen molar-refractivity contribution in [3.63, 3.8) is 0 Å². The highest BCUT2D eigenvalue weighted by Crippen LogP contribution is 2.44. The van der Waals surface area contributed by atoms with Gasteiger partial charge in [-0.05, 0) is 88.7 Å². The SMILES string of the molecule is CC(O)(c1cc(Cc2cc(I)c(N)c(C(C)(O)C(F)(F)F)c2)cc(I)c1N)C(F)(F)F. The largest absolute Gasteiger partial charge is 0.421 e. The summed E-state index contributed by atoms with van der Waals surface area (Å²) in [5, 5.41) is 20.1. The molecule has 31 heavy (non-hydrogen) atoms. The van der Waals surface area contributed by atoms with Gasteiger partial charge in [-0.1, -0.05) is 12.1 Å². The number of aliphatic hydroxyl groups is 2. The third kappa shape index (κ3) is 5.00. The van der Waals surface area contributed by atoms with Crippen LogP contribution in [0.25, 0.3) is 0 Å². The Morgan fingerprint density at radius 2 is 1.00 bits per heavy atom. The smallest absolute Gasteiger partial charge is 0.398 e. The van der Waals surface area contributed by atoms with Gasteiger partial charge >= 0.3 is 12.4 Å². The van der Waals surface area contributed by atoms with Crippen molar-refractivity contribution in [1.29, 1.82) is 0 Å². The van der Waals surface area contributed by atoms with E-state index in [-0.39, 0.29) is 36.1 Å². The van der Waals surface area contributed by atoms with Crippen LogP contribution in [-0.4, -0.2) is 22.6 Å². The summed E-state index contributed by atoms with van der Waals surface area (Å²) in [5.74, 6) is 0. The molecule has 0 amide bonds. The third-order valence-corrected chi connectivity index (χ3v) is 6.72. The van der Waals surface area contributed by atoms with E-state index in [9.17, 15) is 36.6 Å². The number of halogens is 8. The fourth-order valence-corrected chi connectivity index (χ4v) is 4.28. The summed E-state index contributed by atoms with van der Waals surface area (Å²) in [4.78, 5) is 0. The molecule has 2 rings (SSSR count). The van der Waals surface area contributed by atoms with Gasteiger partial charge in [-0.25, -0.2) is 0 Å². The summed E-state index contributed by atoms with van der Waals surface area (Å²) in [6, 6.07) is 5.07. The second-order valence-corrected chi connectivity index (χ2v) is 9.72. The van der Waals surface area contributed by atoms with E-state index in [1.54, 1.807) is 45.2 Å². The van der Waals surface area contributed by atoms with Crippen LogP contribution in [0.4, 0.5) is 37.7 Å². The van der Waals surface area contributed by atoms with E-state index in [0.717, 1.165) is 12.1 Å². The number of nitrogen functional groups attached to an aromatic ring is 2. The monoisotopic (exact) mass is 674 g/mol. The van der Waals surface area contributed by atoms with Gasteiger partial charge in [-0.3, -0.25) is 0 Å². The molecule has 0 spiro atoms. The Morgan fingerprint density at radius 3 is 1.26 bits per heavy atom. The van der Waals surface area contributed by atoms with E-state index < -0.39 is 34.7 Å². The molecule has 0 saturated heterocycles. The normalized spacial score (nSPS) is 16.6. The number of hydrogen-bond donors (Lipinski definition) is 4. The Balaban J connectivity index is 2.61. The van der Waals surface area contributed by atoms with Crippen LogP contribution in [0.2, 0.25) is 0 Å². The highest BCUT2D eigenvalue weighted by atomic mass is 127. The number of anilines is 2. The minimum atomic E-state index is -5.00. The lowest BCUT2D eigenvalue weighted by Gasteiger charge is -2.29. The lowest BCUT2D eigenvalue weighted by Crippen LogP contribution is -2.40. The van der Waals surface area contributed by atoms with Crippen molar-refractivity contribution in [1.82, 2.24) is 0 Å². The van der Waals surface area contributed by atoms with Crippen LogP contribution in [0, 0.1) is 7.14 Å². The average Bonchev–Trinajstić information content (AvgIpc) is 2.58. The first-order chi connectivity index (χ1) is 13.8. The maximum atomic E-state index is 13.3. The Hall–Kier alpha value is -1.00. The van der Waals surface area contributed by atoms with E-state index in [1.165, 1.54) is 12.1 Å². The first kappa shape index (κ1) is 26.3.